The summed E-state index contributed by atoms with van der Waals surface area (Å²) in [5, 5.41) is 0.940. The number of esters is 1. The number of benzene rings is 2. The number of halogens is 1. The van der Waals surface area contributed by atoms with Gasteiger partial charge in [-0.3, -0.25) is 0 Å². The Morgan fingerprint density at radius 2 is 2.07 bits per heavy atom. The molecule has 3 rings (SSSR count). The van der Waals surface area contributed by atoms with Gasteiger partial charge in [0.05, 0.1) is 29.3 Å². The average molecular weight is 491 g/mol. The fourth-order valence-electron chi connectivity index (χ4n) is 3.09. The summed E-state index contributed by atoms with van der Waals surface area (Å²) in [5.41, 5.74) is 3.58. The van der Waals surface area contributed by atoms with Crippen LogP contribution in [0, 0.1) is 0 Å². The SMILES string of the molecule is CCOC(=O)c1ccc2c(c1)nc(SCc1cccc(Br)c1)n2CCCOC(C)C. The molecular weight excluding hydrogens is 464 g/mol. The molecule has 5 nitrogen and oxygen atoms in total. The second kappa shape index (κ2) is 11.0. The minimum atomic E-state index is -0.317. The van der Waals surface area contributed by atoms with E-state index in [-0.39, 0.29) is 12.1 Å². The van der Waals surface area contributed by atoms with Crippen LogP contribution in [0.1, 0.15) is 43.1 Å². The molecule has 30 heavy (non-hydrogen) atoms. The van der Waals surface area contributed by atoms with Crippen LogP contribution >= 0.6 is 27.7 Å². The lowest BCUT2D eigenvalue weighted by atomic mass is 10.2. The molecule has 0 N–H and O–H groups in total. The van der Waals surface area contributed by atoms with E-state index in [0.717, 1.165) is 39.4 Å². The Labute approximate surface area is 190 Å². The highest BCUT2D eigenvalue weighted by atomic mass is 79.9. The van der Waals surface area contributed by atoms with Gasteiger partial charge in [0.15, 0.2) is 5.16 Å². The molecular formula is C23H27BrN2O3S. The van der Waals surface area contributed by atoms with Crippen molar-refractivity contribution in [3.8, 4) is 0 Å². The maximum atomic E-state index is 12.1. The van der Waals surface area contributed by atoms with Gasteiger partial charge >= 0.3 is 5.97 Å². The van der Waals surface area contributed by atoms with Gasteiger partial charge in [-0.15, -0.1) is 0 Å². The number of imidazole rings is 1. The van der Waals surface area contributed by atoms with Crippen molar-refractivity contribution >= 4 is 44.7 Å². The zero-order valence-electron chi connectivity index (χ0n) is 17.6. The first-order valence-electron chi connectivity index (χ1n) is 10.1. The summed E-state index contributed by atoms with van der Waals surface area (Å²) in [5.74, 6) is 0.498. The largest absolute Gasteiger partial charge is 0.462 e. The maximum Gasteiger partial charge on any atom is 0.338 e. The van der Waals surface area contributed by atoms with Gasteiger partial charge in [0, 0.05) is 23.4 Å². The number of carbonyl (C=O) groups is 1. The summed E-state index contributed by atoms with van der Waals surface area (Å²) in [6, 6.07) is 13.9. The van der Waals surface area contributed by atoms with Crippen LogP contribution < -0.4 is 0 Å². The normalized spacial score (nSPS) is 11.4. The van der Waals surface area contributed by atoms with Gasteiger partial charge < -0.3 is 14.0 Å². The van der Waals surface area contributed by atoms with Crippen molar-refractivity contribution in [2.75, 3.05) is 13.2 Å². The van der Waals surface area contributed by atoms with Gasteiger partial charge in [-0.2, -0.15) is 0 Å². The van der Waals surface area contributed by atoms with Crippen LogP contribution in [0.4, 0.5) is 0 Å². The molecule has 0 aliphatic heterocycles. The molecule has 0 spiro atoms. The first kappa shape index (κ1) is 22.8. The number of aromatic nitrogens is 2. The van der Waals surface area contributed by atoms with Crippen LogP contribution in [-0.4, -0.2) is 34.8 Å². The van der Waals surface area contributed by atoms with Gasteiger partial charge in [-0.05, 0) is 63.1 Å². The van der Waals surface area contributed by atoms with Crippen LogP contribution in [0.25, 0.3) is 11.0 Å². The lowest BCUT2D eigenvalue weighted by Gasteiger charge is -2.11. The van der Waals surface area contributed by atoms with Crippen molar-refractivity contribution in [2.45, 2.75) is 50.8 Å². The molecule has 160 valence electrons. The van der Waals surface area contributed by atoms with E-state index in [4.69, 9.17) is 14.5 Å². The average Bonchev–Trinajstić information content (AvgIpc) is 3.06. The Bertz CT molecular complexity index is 1000. The third-order valence-corrected chi connectivity index (χ3v) is 6.00. The number of hydrogen-bond acceptors (Lipinski definition) is 5. The molecule has 0 fully saturated rings. The van der Waals surface area contributed by atoms with Crippen molar-refractivity contribution < 1.29 is 14.3 Å². The molecule has 0 aliphatic rings. The lowest BCUT2D eigenvalue weighted by molar-refractivity contribution is 0.0526. The fourth-order valence-corrected chi connectivity index (χ4v) is 4.52. The molecule has 0 bridgehead atoms. The molecule has 1 heterocycles. The first-order chi connectivity index (χ1) is 14.5. The molecule has 0 atom stereocenters. The summed E-state index contributed by atoms with van der Waals surface area (Å²) in [4.78, 5) is 16.9. The van der Waals surface area contributed by atoms with Crippen LogP contribution in [0.3, 0.4) is 0 Å². The van der Waals surface area contributed by atoms with E-state index in [2.05, 4.69) is 32.6 Å². The number of ether oxygens (including phenoxy) is 2. The minimum absolute atomic E-state index is 0.224. The highest BCUT2D eigenvalue weighted by Crippen LogP contribution is 2.28. The number of fused-ring (bicyclic) bond motifs is 1. The molecule has 1 aromatic heterocycles. The van der Waals surface area contributed by atoms with Gasteiger partial charge in [0.2, 0.25) is 0 Å². The van der Waals surface area contributed by atoms with Gasteiger partial charge in [0.1, 0.15) is 0 Å². The zero-order chi connectivity index (χ0) is 21.5. The Balaban J connectivity index is 1.85. The van der Waals surface area contributed by atoms with Crippen molar-refractivity contribution in [3.05, 3.63) is 58.1 Å². The van der Waals surface area contributed by atoms with E-state index < -0.39 is 0 Å². The van der Waals surface area contributed by atoms with Crippen molar-refractivity contribution in [1.82, 2.24) is 9.55 Å². The Kier molecular flexibility index (Phi) is 8.36. The lowest BCUT2D eigenvalue weighted by Crippen LogP contribution is -2.08. The summed E-state index contributed by atoms with van der Waals surface area (Å²) in [7, 11) is 0. The smallest absolute Gasteiger partial charge is 0.338 e. The van der Waals surface area contributed by atoms with E-state index in [1.165, 1.54) is 5.56 Å². The first-order valence-corrected chi connectivity index (χ1v) is 11.9. The van der Waals surface area contributed by atoms with Gasteiger partial charge in [-0.1, -0.05) is 39.8 Å². The molecule has 0 aliphatic carbocycles. The maximum absolute atomic E-state index is 12.1. The quantitative estimate of drug-likeness (QED) is 0.195. The zero-order valence-corrected chi connectivity index (χ0v) is 20.0. The number of nitrogens with zero attached hydrogens (tertiary/aromatic N) is 2. The van der Waals surface area contributed by atoms with Crippen molar-refractivity contribution in [3.63, 3.8) is 0 Å². The van der Waals surface area contributed by atoms with E-state index >= 15 is 0 Å². The molecule has 3 aromatic rings. The highest BCUT2D eigenvalue weighted by molar-refractivity contribution is 9.10. The third-order valence-electron chi connectivity index (χ3n) is 4.46. The van der Waals surface area contributed by atoms with E-state index in [1.54, 1.807) is 18.7 Å². The number of thioether (sulfide) groups is 1. The molecule has 0 saturated carbocycles. The summed E-state index contributed by atoms with van der Waals surface area (Å²) in [6.45, 7) is 7.76. The van der Waals surface area contributed by atoms with E-state index in [1.807, 2.05) is 44.2 Å². The predicted molar refractivity (Wildman–Crippen MR) is 125 cm³/mol. The van der Waals surface area contributed by atoms with Crippen LogP contribution in [0.2, 0.25) is 0 Å². The second-order valence-electron chi connectivity index (χ2n) is 7.16. The number of hydrogen-bond donors (Lipinski definition) is 0. The number of carbonyl (C=O) groups excluding carboxylic acids is 1. The molecule has 2 aromatic carbocycles. The monoisotopic (exact) mass is 490 g/mol. The molecule has 0 unspecified atom stereocenters. The Hall–Kier alpha value is -1.83. The van der Waals surface area contributed by atoms with Crippen molar-refractivity contribution in [1.29, 1.82) is 0 Å². The molecule has 7 heteroatoms. The number of aryl methyl sites for hydroxylation is 1. The Morgan fingerprint density at radius 3 is 2.80 bits per heavy atom. The minimum Gasteiger partial charge on any atom is -0.462 e. The molecule has 0 saturated heterocycles. The van der Waals surface area contributed by atoms with Gasteiger partial charge in [-0.25, -0.2) is 9.78 Å². The topological polar surface area (TPSA) is 53.3 Å². The predicted octanol–water partition coefficient (Wildman–Crippen LogP) is 6.08. The van der Waals surface area contributed by atoms with E-state index in [0.29, 0.717) is 18.8 Å². The van der Waals surface area contributed by atoms with Crippen LogP contribution in [0.5, 0.6) is 0 Å². The fraction of sp³-hybridized carbons (Fsp3) is 0.391. The highest BCUT2D eigenvalue weighted by Gasteiger charge is 2.15. The summed E-state index contributed by atoms with van der Waals surface area (Å²) >= 11 is 5.23. The van der Waals surface area contributed by atoms with E-state index in [9.17, 15) is 4.79 Å². The number of rotatable bonds is 10. The van der Waals surface area contributed by atoms with Crippen molar-refractivity contribution in [2.24, 2.45) is 0 Å². The van der Waals surface area contributed by atoms with Gasteiger partial charge in [0.25, 0.3) is 0 Å². The Morgan fingerprint density at radius 1 is 1.23 bits per heavy atom. The van der Waals surface area contributed by atoms with Crippen LogP contribution in [0.15, 0.2) is 52.1 Å². The molecule has 0 radical (unpaired) electrons. The summed E-state index contributed by atoms with van der Waals surface area (Å²) in [6.07, 6.45) is 1.12. The third kappa shape index (κ3) is 6.09. The summed E-state index contributed by atoms with van der Waals surface area (Å²) < 4.78 is 14.1. The molecule has 0 amide bonds. The second-order valence-corrected chi connectivity index (χ2v) is 9.02. The standard InChI is InChI=1S/C23H27BrN2O3S/c1-4-28-22(27)18-9-10-21-20(14-18)25-23(26(21)11-6-12-29-16(2)3)30-15-17-7-5-8-19(24)13-17/h5,7-10,13-14,16H,4,6,11-12,15H2,1-3H3. The van der Waals surface area contributed by atoms with Crippen LogP contribution in [-0.2, 0) is 21.8 Å².